The molecule has 3 nitrogen and oxygen atoms in total. The van der Waals surface area contributed by atoms with Crippen LogP contribution in [0.4, 0.5) is 0 Å². The molecule has 0 saturated carbocycles. The van der Waals surface area contributed by atoms with Crippen molar-refractivity contribution in [2.75, 3.05) is 7.11 Å². The summed E-state index contributed by atoms with van der Waals surface area (Å²) in [5.74, 6) is 0.159. The van der Waals surface area contributed by atoms with Gasteiger partial charge in [0, 0.05) is 18.4 Å². The Labute approximate surface area is 140 Å². The Hall–Kier alpha value is -1.64. The lowest BCUT2D eigenvalue weighted by atomic mass is 10.0. The number of ketones is 1. The number of hydrogen-bond donors (Lipinski definition) is 0. The maximum atomic E-state index is 11.9. The minimum Gasteiger partial charge on any atom is -0.469 e. The van der Waals surface area contributed by atoms with Crippen molar-refractivity contribution in [1.29, 1.82) is 0 Å². The predicted molar refractivity (Wildman–Crippen MR) is 93.6 cm³/mol. The molecule has 0 N–H and O–H groups in total. The summed E-state index contributed by atoms with van der Waals surface area (Å²) in [7, 11) is 1.44. The molecule has 128 valence electrons. The normalized spacial score (nSPS) is 10.5. The summed E-state index contributed by atoms with van der Waals surface area (Å²) in [5, 5.41) is 0. The topological polar surface area (TPSA) is 43.4 Å². The predicted octanol–water partition coefficient (Wildman–Crippen LogP) is 5.33. The first-order valence-electron chi connectivity index (χ1n) is 8.89. The van der Waals surface area contributed by atoms with Crippen LogP contribution in [0.3, 0.4) is 0 Å². The fourth-order valence-electron chi connectivity index (χ4n) is 2.66. The standard InChI is InChI=1S/C20H30O3/c1-23-20(22)17-13-8-6-4-2-3-5-7-12-16-19(21)18-14-10-9-11-15-18/h9-11,14-15H,2-8,12-13,16-17H2,1H3. The number of carbonyl (C=O) groups excluding carboxylic acids is 2. The fourth-order valence-corrected chi connectivity index (χ4v) is 2.66. The molecule has 3 heteroatoms. The molecule has 23 heavy (non-hydrogen) atoms. The van der Waals surface area contributed by atoms with Crippen molar-refractivity contribution in [2.24, 2.45) is 0 Å². The van der Waals surface area contributed by atoms with E-state index in [0.29, 0.717) is 12.8 Å². The first-order valence-corrected chi connectivity index (χ1v) is 8.89. The Morgan fingerprint density at radius 2 is 1.22 bits per heavy atom. The number of Topliss-reactive ketones (excluding diaryl/α,β-unsaturated/α-hetero) is 1. The molecule has 0 aliphatic rings. The summed E-state index contributed by atoms with van der Waals surface area (Å²) < 4.78 is 4.61. The summed E-state index contributed by atoms with van der Waals surface area (Å²) in [6.07, 6.45) is 11.5. The van der Waals surface area contributed by atoms with Gasteiger partial charge >= 0.3 is 5.97 Å². The van der Waals surface area contributed by atoms with E-state index < -0.39 is 0 Å². The molecule has 0 aliphatic heterocycles. The molecule has 0 amide bonds. The van der Waals surface area contributed by atoms with Gasteiger partial charge in [-0.2, -0.15) is 0 Å². The molecule has 1 rings (SSSR count). The quantitative estimate of drug-likeness (QED) is 0.280. The number of rotatable bonds is 13. The Balaban J connectivity index is 1.87. The second-order valence-electron chi connectivity index (χ2n) is 6.05. The van der Waals surface area contributed by atoms with E-state index in [1.807, 2.05) is 30.3 Å². The molecule has 0 aliphatic carbocycles. The highest BCUT2D eigenvalue weighted by atomic mass is 16.5. The summed E-state index contributed by atoms with van der Waals surface area (Å²) >= 11 is 0. The largest absolute Gasteiger partial charge is 0.469 e. The number of unbranched alkanes of at least 4 members (excludes halogenated alkanes) is 8. The fraction of sp³-hybridized carbons (Fsp3) is 0.600. The SMILES string of the molecule is COC(=O)CCCCCCCCCCCC(=O)c1ccccc1. The zero-order valence-corrected chi connectivity index (χ0v) is 14.4. The van der Waals surface area contributed by atoms with Crippen LogP contribution in [0, 0.1) is 0 Å². The highest BCUT2D eigenvalue weighted by molar-refractivity contribution is 5.95. The van der Waals surface area contributed by atoms with Gasteiger partial charge in [-0.25, -0.2) is 0 Å². The van der Waals surface area contributed by atoms with Gasteiger partial charge in [0.2, 0.25) is 0 Å². The molecule has 0 bridgehead atoms. The van der Waals surface area contributed by atoms with Crippen LogP contribution in [0.1, 0.15) is 81.0 Å². The summed E-state index contributed by atoms with van der Waals surface area (Å²) in [4.78, 5) is 22.9. The summed E-state index contributed by atoms with van der Waals surface area (Å²) in [6.45, 7) is 0. The third-order valence-corrected chi connectivity index (χ3v) is 4.11. The first-order chi connectivity index (χ1) is 11.2. The average Bonchev–Trinajstić information content (AvgIpc) is 2.59. The van der Waals surface area contributed by atoms with Crippen molar-refractivity contribution in [3.8, 4) is 0 Å². The van der Waals surface area contributed by atoms with Gasteiger partial charge in [-0.05, 0) is 12.8 Å². The van der Waals surface area contributed by atoms with E-state index >= 15 is 0 Å². The second-order valence-corrected chi connectivity index (χ2v) is 6.05. The number of carbonyl (C=O) groups is 2. The lowest BCUT2D eigenvalue weighted by Gasteiger charge is -2.03. The van der Waals surface area contributed by atoms with Crippen LogP contribution >= 0.6 is 0 Å². The Bertz CT molecular complexity index is 439. The lowest BCUT2D eigenvalue weighted by molar-refractivity contribution is -0.140. The van der Waals surface area contributed by atoms with E-state index in [1.165, 1.54) is 39.2 Å². The molecule has 1 aromatic carbocycles. The van der Waals surface area contributed by atoms with Crippen molar-refractivity contribution in [1.82, 2.24) is 0 Å². The number of esters is 1. The van der Waals surface area contributed by atoms with Crippen LogP contribution in [-0.2, 0) is 9.53 Å². The van der Waals surface area contributed by atoms with Crippen molar-refractivity contribution in [3.63, 3.8) is 0 Å². The Morgan fingerprint density at radius 3 is 1.74 bits per heavy atom. The molecule has 0 radical (unpaired) electrons. The van der Waals surface area contributed by atoms with Crippen LogP contribution in [-0.4, -0.2) is 18.9 Å². The van der Waals surface area contributed by atoms with Gasteiger partial charge in [0.25, 0.3) is 0 Å². The number of methoxy groups -OCH3 is 1. The van der Waals surface area contributed by atoms with Crippen LogP contribution in [0.5, 0.6) is 0 Å². The van der Waals surface area contributed by atoms with Crippen LogP contribution < -0.4 is 0 Å². The third-order valence-electron chi connectivity index (χ3n) is 4.11. The van der Waals surface area contributed by atoms with E-state index in [1.54, 1.807) is 0 Å². The van der Waals surface area contributed by atoms with E-state index in [2.05, 4.69) is 4.74 Å². The molecular formula is C20H30O3. The third kappa shape index (κ3) is 9.88. The molecular weight excluding hydrogens is 288 g/mol. The average molecular weight is 318 g/mol. The molecule has 0 heterocycles. The van der Waals surface area contributed by atoms with E-state index in [9.17, 15) is 9.59 Å². The van der Waals surface area contributed by atoms with E-state index in [-0.39, 0.29) is 11.8 Å². The zero-order chi connectivity index (χ0) is 16.8. The minimum absolute atomic E-state index is 0.102. The number of benzene rings is 1. The molecule has 0 saturated heterocycles. The van der Waals surface area contributed by atoms with Gasteiger partial charge in [-0.3, -0.25) is 9.59 Å². The van der Waals surface area contributed by atoms with Gasteiger partial charge in [-0.1, -0.05) is 75.3 Å². The van der Waals surface area contributed by atoms with Crippen molar-refractivity contribution in [3.05, 3.63) is 35.9 Å². The van der Waals surface area contributed by atoms with Crippen LogP contribution in [0.2, 0.25) is 0 Å². The van der Waals surface area contributed by atoms with E-state index in [4.69, 9.17) is 0 Å². The molecule has 0 aromatic heterocycles. The molecule has 0 fully saturated rings. The Kier molecular flexibility index (Phi) is 10.9. The molecule has 0 atom stereocenters. The highest BCUT2D eigenvalue weighted by Gasteiger charge is 2.04. The second kappa shape index (κ2) is 12.9. The van der Waals surface area contributed by atoms with E-state index in [0.717, 1.165) is 31.2 Å². The summed E-state index contributed by atoms with van der Waals surface area (Å²) in [6, 6.07) is 9.55. The first kappa shape index (κ1) is 19.4. The maximum Gasteiger partial charge on any atom is 0.305 e. The maximum absolute atomic E-state index is 11.9. The van der Waals surface area contributed by atoms with Gasteiger partial charge in [0.15, 0.2) is 5.78 Å². The van der Waals surface area contributed by atoms with Gasteiger partial charge < -0.3 is 4.74 Å². The minimum atomic E-state index is -0.102. The van der Waals surface area contributed by atoms with Crippen molar-refractivity contribution >= 4 is 11.8 Å². The molecule has 1 aromatic rings. The molecule has 0 unspecified atom stereocenters. The van der Waals surface area contributed by atoms with Gasteiger partial charge in [0.05, 0.1) is 7.11 Å². The van der Waals surface area contributed by atoms with Crippen molar-refractivity contribution in [2.45, 2.75) is 70.6 Å². The zero-order valence-electron chi connectivity index (χ0n) is 14.4. The van der Waals surface area contributed by atoms with Crippen molar-refractivity contribution < 1.29 is 14.3 Å². The van der Waals surface area contributed by atoms with Gasteiger partial charge in [-0.15, -0.1) is 0 Å². The van der Waals surface area contributed by atoms with Gasteiger partial charge in [0.1, 0.15) is 0 Å². The smallest absolute Gasteiger partial charge is 0.305 e. The lowest BCUT2D eigenvalue weighted by Crippen LogP contribution is -1.99. The van der Waals surface area contributed by atoms with Crippen LogP contribution in [0.15, 0.2) is 30.3 Å². The molecule has 0 spiro atoms. The summed E-state index contributed by atoms with van der Waals surface area (Å²) in [5.41, 5.74) is 0.833. The Morgan fingerprint density at radius 1 is 0.739 bits per heavy atom. The number of ether oxygens (including phenoxy) is 1. The number of hydrogen-bond acceptors (Lipinski definition) is 3. The monoisotopic (exact) mass is 318 g/mol. The van der Waals surface area contributed by atoms with Crippen LogP contribution in [0.25, 0.3) is 0 Å². The highest BCUT2D eigenvalue weighted by Crippen LogP contribution is 2.13.